The summed E-state index contributed by atoms with van der Waals surface area (Å²) in [4.78, 5) is 12.2. The van der Waals surface area contributed by atoms with Crippen molar-refractivity contribution in [2.45, 2.75) is 31.9 Å². The van der Waals surface area contributed by atoms with Crippen LogP contribution in [0.3, 0.4) is 0 Å². The van der Waals surface area contributed by atoms with Crippen molar-refractivity contribution in [3.05, 3.63) is 65.7 Å². The summed E-state index contributed by atoms with van der Waals surface area (Å²) in [7, 11) is 1.59. The van der Waals surface area contributed by atoms with Gasteiger partial charge in [0.15, 0.2) is 0 Å². The average Bonchev–Trinajstić information content (AvgIpc) is 2.55. The molecule has 1 amide bonds. The number of para-hydroxylation sites is 1. The summed E-state index contributed by atoms with van der Waals surface area (Å²) in [6.07, 6.45) is 0.148. The first kappa shape index (κ1) is 17.0. The quantitative estimate of drug-likeness (QED) is 0.826. The Hall–Kier alpha value is -2.33. The van der Waals surface area contributed by atoms with Crippen molar-refractivity contribution in [1.29, 1.82) is 0 Å². The molecule has 0 saturated heterocycles. The summed E-state index contributed by atoms with van der Waals surface area (Å²) in [6, 6.07) is 16.8. The Morgan fingerprint density at radius 2 is 1.78 bits per heavy atom. The molecular weight excluding hydrogens is 290 g/mol. The van der Waals surface area contributed by atoms with Crippen LogP contribution in [0.5, 0.6) is 5.75 Å². The minimum atomic E-state index is -0.585. The van der Waals surface area contributed by atoms with Crippen LogP contribution >= 0.6 is 0 Å². The number of benzene rings is 2. The molecule has 2 unspecified atom stereocenters. The maximum atomic E-state index is 12.2. The number of carbonyl (C=O) groups is 1. The third-order valence-electron chi connectivity index (χ3n) is 3.71. The van der Waals surface area contributed by atoms with Crippen LogP contribution in [-0.4, -0.2) is 24.2 Å². The topological polar surface area (TPSA) is 58.6 Å². The van der Waals surface area contributed by atoms with Crippen LogP contribution in [0.25, 0.3) is 0 Å². The third kappa shape index (κ3) is 5.11. The van der Waals surface area contributed by atoms with E-state index in [4.69, 9.17) is 4.74 Å². The van der Waals surface area contributed by atoms with Crippen LogP contribution in [0, 0.1) is 0 Å². The van der Waals surface area contributed by atoms with Gasteiger partial charge in [-0.2, -0.15) is 0 Å². The predicted octanol–water partition coefficient (Wildman–Crippen LogP) is 2.87. The Labute approximate surface area is 137 Å². The summed E-state index contributed by atoms with van der Waals surface area (Å²) in [5.74, 6) is 0.627. The van der Waals surface area contributed by atoms with Crippen molar-refractivity contribution in [3.8, 4) is 5.75 Å². The highest BCUT2D eigenvalue weighted by Crippen LogP contribution is 2.19. The maximum Gasteiger partial charge on any atom is 0.224 e. The van der Waals surface area contributed by atoms with Crippen LogP contribution in [0.4, 0.5) is 0 Å². The van der Waals surface area contributed by atoms with Gasteiger partial charge in [0, 0.05) is 11.6 Å². The highest BCUT2D eigenvalue weighted by molar-refractivity contribution is 5.79. The van der Waals surface area contributed by atoms with Crippen molar-refractivity contribution in [1.82, 2.24) is 5.32 Å². The first-order valence-corrected chi connectivity index (χ1v) is 7.74. The van der Waals surface area contributed by atoms with E-state index in [0.29, 0.717) is 12.2 Å². The molecule has 2 rings (SSSR count). The standard InChI is InChI=1S/C19H23NO3/c1-14(12-17(21)15-8-4-3-5-9-15)20-19(22)13-16-10-6-7-11-18(16)23-2/h3-11,14,17,21H,12-13H2,1-2H3,(H,20,22). The van der Waals surface area contributed by atoms with Crippen molar-refractivity contribution in [3.63, 3.8) is 0 Å². The number of hydrogen-bond donors (Lipinski definition) is 2. The molecule has 2 atom stereocenters. The normalized spacial score (nSPS) is 13.2. The number of methoxy groups -OCH3 is 1. The van der Waals surface area contributed by atoms with Crippen LogP contribution in [0.15, 0.2) is 54.6 Å². The Morgan fingerprint density at radius 1 is 1.13 bits per heavy atom. The first-order chi connectivity index (χ1) is 11.1. The SMILES string of the molecule is COc1ccccc1CC(=O)NC(C)CC(O)c1ccccc1. The number of carbonyl (C=O) groups excluding carboxylic acids is 1. The second-order valence-corrected chi connectivity index (χ2v) is 5.62. The van der Waals surface area contributed by atoms with E-state index in [1.807, 2.05) is 61.5 Å². The van der Waals surface area contributed by atoms with Gasteiger partial charge in [-0.15, -0.1) is 0 Å². The third-order valence-corrected chi connectivity index (χ3v) is 3.71. The van der Waals surface area contributed by atoms with E-state index in [1.54, 1.807) is 7.11 Å². The molecule has 0 aliphatic carbocycles. The average molecular weight is 313 g/mol. The number of aliphatic hydroxyl groups excluding tert-OH is 1. The smallest absolute Gasteiger partial charge is 0.224 e. The number of ether oxygens (including phenoxy) is 1. The van der Waals surface area contributed by atoms with Gasteiger partial charge in [-0.25, -0.2) is 0 Å². The van der Waals surface area contributed by atoms with Crippen molar-refractivity contribution >= 4 is 5.91 Å². The molecule has 0 saturated carbocycles. The fourth-order valence-corrected chi connectivity index (χ4v) is 2.55. The monoisotopic (exact) mass is 313 g/mol. The second-order valence-electron chi connectivity index (χ2n) is 5.62. The number of amides is 1. The van der Waals surface area contributed by atoms with E-state index in [1.165, 1.54) is 0 Å². The Bertz CT molecular complexity index is 628. The molecule has 2 N–H and O–H groups in total. The second kappa shape index (κ2) is 8.34. The van der Waals surface area contributed by atoms with Gasteiger partial charge in [-0.05, 0) is 25.0 Å². The van der Waals surface area contributed by atoms with Crippen LogP contribution in [0.1, 0.15) is 30.6 Å². The van der Waals surface area contributed by atoms with Gasteiger partial charge < -0.3 is 15.2 Å². The Morgan fingerprint density at radius 3 is 2.48 bits per heavy atom. The maximum absolute atomic E-state index is 12.2. The lowest BCUT2D eigenvalue weighted by atomic mass is 10.0. The summed E-state index contributed by atoms with van der Waals surface area (Å²) < 4.78 is 5.25. The molecule has 4 nitrogen and oxygen atoms in total. The van der Waals surface area contributed by atoms with Crippen molar-refractivity contribution in [2.24, 2.45) is 0 Å². The molecule has 0 aliphatic rings. The minimum Gasteiger partial charge on any atom is -0.496 e. The molecule has 0 spiro atoms. The number of rotatable bonds is 7. The van der Waals surface area contributed by atoms with E-state index in [2.05, 4.69) is 5.32 Å². The predicted molar refractivity (Wildman–Crippen MR) is 90.3 cm³/mol. The zero-order valence-corrected chi connectivity index (χ0v) is 13.5. The first-order valence-electron chi connectivity index (χ1n) is 7.74. The van der Waals surface area contributed by atoms with E-state index >= 15 is 0 Å². The molecule has 0 heterocycles. The van der Waals surface area contributed by atoms with E-state index in [0.717, 1.165) is 11.1 Å². The number of aliphatic hydroxyl groups is 1. The van der Waals surface area contributed by atoms with Gasteiger partial charge in [0.2, 0.25) is 5.91 Å². The van der Waals surface area contributed by atoms with Gasteiger partial charge in [0.1, 0.15) is 5.75 Å². The molecule has 0 aliphatic heterocycles. The fraction of sp³-hybridized carbons (Fsp3) is 0.316. The molecule has 0 bridgehead atoms. The zero-order chi connectivity index (χ0) is 16.7. The molecular formula is C19H23NO3. The lowest BCUT2D eigenvalue weighted by molar-refractivity contribution is -0.121. The highest BCUT2D eigenvalue weighted by atomic mass is 16.5. The molecule has 2 aromatic carbocycles. The van der Waals surface area contributed by atoms with Crippen LogP contribution in [-0.2, 0) is 11.2 Å². The summed E-state index contributed by atoms with van der Waals surface area (Å²) in [5.41, 5.74) is 1.71. The van der Waals surface area contributed by atoms with Crippen LogP contribution < -0.4 is 10.1 Å². The lowest BCUT2D eigenvalue weighted by Gasteiger charge is -2.18. The van der Waals surface area contributed by atoms with Crippen LogP contribution in [0.2, 0.25) is 0 Å². The molecule has 23 heavy (non-hydrogen) atoms. The molecule has 4 heteroatoms. The molecule has 0 fully saturated rings. The molecule has 122 valence electrons. The molecule has 0 radical (unpaired) electrons. The fourth-order valence-electron chi connectivity index (χ4n) is 2.55. The Balaban J connectivity index is 1.87. The number of nitrogens with one attached hydrogen (secondary N) is 1. The van der Waals surface area contributed by atoms with Crippen molar-refractivity contribution < 1.29 is 14.6 Å². The Kier molecular flexibility index (Phi) is 6.18. The highest BCUT2D eigenvalue weighted by Gasteiger charge is 2.15. The van der Waals surface area contributed by atoms with Gasteiger partial charge in [-0.3, -0.25) is 4.79 Å². The zero-order valence-electron chi connectivity index (χ0n) is 13.5. The van der Waals surface area contributed by atoms with E-state index in [-0.39, 0.29) is 18.4 Å². The van der Waals surface area contributed by atoms with E-state index in [9.17, 15) is 9.90 Å². The molecule has 2 aromatic rings. The lowest BCUT2D eigenvalue weighted by Crippen LogP contribution is -2.34. The van der Waals surface area contributed by atoms with Gasteiger partial charge in [0.25, 0.3) is 0 Å². The van der Waals surface area contributed by atoms with Gasteiger partial charge in [0.05, 0.1) is 19.6 Å². The minimum absolute atomic E-state index is 0.0812. The largest absolute Gasteiger partial charge is 0.496 e. The summed E-state index contributed by atoms with van der Waals surface area (Å²) in [6.45, 7) is 1.90. The van der Waals surface area contributed by atoms with Gasteiger partial charge >= 0.3 is 0 Å². The number of hydrogen-bond acceptors (Lipinski definition) is 3. The summed E-state index contributed by atoms with van der Waals surface area (Å²) >= 11 is 0. The van der Waals surface area contributed by atoms with E-state index < -0.39 is 6.10 Å². The van der Waals surface area contributed by atoms with Crippen molar-refractivity contribution in [2.75, 3.05) is 7.11 Å². The molecule has 0 aromatic heterocycles. The van der Waals surface area contributed by atoms with Gasteiger partial charge in [-0.1, -0.05) is 48.5 Å². The summed E-state index contributed by atoms with van der Waals surface area (Å²) in [5, 5.41) is 13.1.